The van der Waals surface area contributed by atoms with Gasteiger partial charge in [-0.05, 0) is 24.1 Å². The van der Waals surface area contributed by atoms with E-state index in [1.807, 2.05) is 0 Å². The van der Waals surface area contributed by atoms with E-state index in [4.69, 9.17) is 10.5 Å². The smallest absolute Gasteiger partial charge is 0.408 e. The molecule has 0 heterocycles. The highest BCUT2D eigenvalue weighted by Crippen LogP contribution is 2.12. The molecule has 2 atom stereocenters. The molecule has 2 aromatic rings. The second-order valence-corrected chi connectivity index (χ2v) is 8.93. The number of sulfone groups is 1. The summed E-state index contributed by atoms with van der Waals surface area (Å²) in [4.78, 5) is 36.1. The molecule has 172 valence electrons. The molecule has 0 aliphatic carbocycles. The normalized spacial score (nSPS) is 12.9. The zero-order valence-corrected chi connectivity index (χ0v) is 18.0. The number of alkyl carbamates (subject to hydrolysis) is 1. The molecule has 0 aliphatic heterocycles. The lowest BCUT2D eigenvalue weighted by Gasteiger charge is -2.20. The first-order valence-electron chi connectivity index (χ1n) is 9.68. The van der Waals surface area contributed by atoms with Crippen LogP contribution in [0.15, 0.2) is 65.6 Å². The highest BCUT2D eigenvalue weighted by Gasteiger charge is 2.27. The Morgan fingerprint density at radius 2 is 1.53 bits per heavy atom. The van der Waals surface area contributed by atoms with Crippen LogP contribution in [0, 0.1) is 0 Å². The van der Waals surface area contributed by atoms with E-state index >= 15 is 0 Å². The molecule has 11 heteroatoms. The van der Waals surface area contributed by atoms with Crippen molar-refractivity contribution in [3.05, 3.63) is 66.2 Å². The molecule has 0 radical (unpaired) electrons. The van der Waals surface area contributed by atoms with Crippen LogP contribution in [0.4, 0.5) is 4.79 Å². The fourth-order valence-electron chi connectivity index (χ4n) is 2.68. The zero-order valence-electron chi connectivity index (χ0n) is 17.1. The Morgan fingerprint density at radius 3 is 2.09 bits per heavy atom. The van der Waals surface area contributed by atoms with Gasteiger partial charge in [-0.15, -0.1) is 0 Å². The summed E-state index contributed by atoms with van der Waals surface area (Å²) in [5.74, 6) is -2.31. The van der Waals surface area contributed by atoms with Crippen LogP contribution in [0.2, 0.25) is 0 Å². The lowest BCUT2D eigenvalue weighted by Crippen LogP contribution is -2.54. The van der Waals surface area contributed by atoms with Gasteiger partial charge in [0.25, 0.3) is 0 Å². The van der Waals surface area contributed by atoms with E-state index in [2.05, 4.69) is 10.6 Å². The van der Waals surface area contributed by atoms with Crippen LogP contribution in [0.1, 0.15) is 12.0 Å². The number of nitrogens with two attached hydrogens (primary N) is 1. The quantitative estimate of drug-likeness (QED) is 0.367. The molecular weight excluding hydrogens is 438 g/mol. The van der Waals surface area contributed by atoms with Crippen LogP contribution in [0.5, 0.6) is 0 Å². The van der Waals surface area contributed by atoms with Crippen LogP contribution < -0.4 is 16.4 Å². The molecule has 2 aromatic carbocycles. The van der Waals surface area contributed by atoms with Crippen molar-refractivity contribution < 1.29 is 32.6 Å². The first-order chi connectivity index (χ1) is 15.2. The van der Waals surface area contributed by atoms with Crippen LogP contribution >= 0.6 is 0 Å². The second kappa shape index (κ2) is 11.8. The van der Waals surface area contributed by atoms with E-state index in [1.165, 1.54) is 12.1 Å². The van der Waals surface area contributed by atoms with Gasteiger partial charge >= 0.3 is 6.09 Å². The Hall–Kier alpha value is -3.44. The molecule has 0 aromatic heterocycles. The van der Waals surface area contributed by atoms with Crippen molar-refractivity contribution in [1.29, 1.82) is 0 Å². The molecule has 5 N–H and O–H groups in total. The van der Waals surface area contributed by atoms with Gasteiger partial charge in [-0.3, -0.25) is 9.59 Å². The minimum absolute atomic E-state index is 0.0479. The van der Waals surface area contributed by atoms with Gasteiger partial charge < -0.3 is 26.2 Å². The number of hydrogen-bond donors (Lipinski definition) is 4. The number of nitrogens with one attached hydrogen (secondary N) is 2. The summed E-state index contributed by atoms with van der Waals surface area (Å²) in [5.41, 5.74) is 6.01. The first-order valence-corrected chi connectivity index (χ1v) is 11.3. The third kappa shape index (κ3) is 7.67. The lowest BCUT2D eigenvalue weighted by atomic mass is 10.2. The first kappa shape index (κ1) is 24.8. The number of amides is 3. The Balaban J connectivity index is 1.91. The molecule has 0 bridgehead atoms. The lowest BCUT2D eigenvalue weighted by molar-refractivity contribution is -0.129. The van der Waals surface area contributed by atoms with Crippen LogP contribution in [0.3, 0.4) is 0 Å². The minimum Gasteiger partial charge on any atom is -0.445 e. The number of aliphatic hydroxyl groups excluding tert-OH is 1. The standard InChI is InChI=1S/C21H25N3O7S/c22-19(26)17(11-12-32(29,30)16-9-5-2-6-10-16)23-20(27)18(13-25)24-21(28)31-14-15-7-3-1-4-8-15/h1-10,17-18,25H,11-14H2,(H2,22,26)(H,23,27)(H,24,28)/t17-,18+/m1/s1. The number of benzene rings is 2. The topological polar surface area (TPSA) is 165 Å². The van der Waals surface area contributed by atoms with Gasteiger partial charge in [0.1, 0.15) is 18.7 Å². The molecule has 0 unspecified atom stereocenters. The summed E-state index contributed by atoms with van der Waals surface area (Å²) in [6.45, 7) is -0.826. The van der Waals surface area contributed by atoms with Crippen LogP contribution in [-0.2, 0) is 30.8 Å². The van der Waals surface area contributed by atoms with Crippen molar-refractivity contribution in [3.63, 3.8) is 0 Å². The maximum absolute atomic E-state index is 12.4. The van der Waals surface area contributed by atoms with E-state index < -0.39 is 52.2 Å². The summed E-state index contributed by atoms with van der Waals surface area (Å²) in [6.07, 6.45) is -1.24. The maximum Gasteiger partial charge on any atom is 0.408 e. The van der Waals surface area contributed by atoms with Gasteiger partial charge in [-0.1, -0.05) is 48.5 Å². The second-order valence-electron chi connectivity index (χ2n) is 6.83. The van der Waals surface area contributed by atoms with Crippen LogP contribution in [-0.4, -0.2) is 55.9 Å². The number of aliphatic hydroxyl groups is 1. The van der Waals surface area contributed by atoms with Crippen molar-refractivity contribution >= 4 is 27.7 Å². The molecule has 0 fully saturated rings. The Morgan fingerprint density at radius 1 is 0.938 bits per heavy atom. The van der Waals surface area contributed by atoms with Gasteiger partial charge in [0, 0.05) is 0 Å². The minimum atomic E-state index is -3.70. The van der Waals surface area contributed by atoms with Crippen molar-refractivity contribution in [2.24, 2.45) is 5.73 Å². The van der Waals surface area contributed by atoms with Gasteiger partial charge in [0.2, 0.25) is 11.8 Å². The number of rotatable bonds is 11. The van der Waals surface area contributed by atoms with Crippen molar-refractivity contribution in [3.8, 4) is 0 Å². The average Bonchev–Trinajstić information content (AvgIpc) is 2.79. The molecule has 2 rings (SSSR count). The third-order valence-electron chi connectivity index (χ3n) is 4.44. The monoisotopic (exact) mass is 463 g/mol. The van der Waals surface area contributed by atoms with Crippen molar-refractivity contribution in [1.82, 2.24) is 10.6 Å². The average molecular weight is 464 g/mol. The number of carbonyl (C=O) groups is 3. The van der Waals surface area contributed by atoms with Gasteiger partial charge in [0.15, 0.2) is 9.84 Å². The maximum atomic E-state index is 12.4. The molecule has 0 saturated heterocycles. The predicted molar refractivity (Wildman–Crippen MR) is 115 cm³/mol. The molecule has 32 heavy (non-hydrogen) atoms. The Labute approximate surface area is 185 Å². The molecule has 0 aliphatic rings. The van der Waals surface area contributed by atoms with E-state index in [9.17, 15) is 27.9 Å². The molecule has 10 nitrogen and oxygen atoms in total. The molecule has 0 spiro atoms. The largest absolute Gasteiger partial charge is 0.445 e. The highest BCUT2D eigenvalue weighted by atomic mass is 32.2. The van der Waals surface area contributed by atoms with Gasteiger partial charge in [0.05, 0.1) is 17.3 Å². The summed E-state index contributed by atoms with van der Waals surface area (Å²) in [5, 5.41) is 13.9. The zero-order chi connectivity index (χ0) is 23.6. The number of hydrogen-bond acceptors (Lipinski definition) is 7. The fourth-order valence-corrected chi connectivity index (χ4v) is 4.03. The number of ether oxygens (including phenoxy) is 1. The Bertz CT molecular complexity index is 1010. The summed E-state index contributed by atoms with van der Waals surface area (Å²) in [6, 6.07) is 13.7. The summed E-state index contributed by atoms with van der Waals surface area (Å²) < 4.78 is 29.8. The van der Waals surface area contributed by atoms with E-state index in [-0.39, 0.29) is 17.9 Å². The molecular formula is C21H25N3O7S. The van der Waals surface area contributed by atoms with E-state index in [1.54, 1.807) is 48.5 Å². The SMILES string of the molecule is NC(=O)[C@@H](CCS(=O)(=O)c1ccccc1)NC(=O)[C@H](CO)NC(=O)OCc1ccccc1. The molecule has 3 amide bonds. The predicted octanol–water partition coefficient (Wildman–Crippen LogP) is 0.108. The van der Waals surface area contributed by atoms with Gasteiger partial charge in [-0.2, -0.15) is 0 Å². The fraction of sp³-hybridized carbons (Fsp3) is 0.286. The summed E-state index contributed by atoms with van der Waals surface area (Å²) in [7, 11) is -3.70. The number of carbonyl (C=O) groups excluding carboxylic acids is 3. The van der Waals surface area contributed by atoms with E-state index in [0.29, 0.717) is 0 Å². The van der Waals surface area contributed by atoms with Gasteiger partial charge in [-0.25, -0.2) is 13.2 Å². The third-order valence-corrected chi connectivity index (χ3v) is 6.20. The number of primary amides is 1. The van der Waals surface area contributed by atoms with E-state index in [0.717, 1.165) is 5.56 Å². The van der Waals surface area contributed by atoms with Crippen molar-refractivity contribution in [2.45, 2.75) is 30.0 Å². The van der Waals surface area contributed by atoms with Crippen LogP contribution in [0.25, 0.3) is 0 Å². The summed E-state index contributed by atoms with van der Waals surface area (Å²) >= 11 is 0. The molecule has 0 saturated carbocycles. The van der Waals surface area contributed by atoms with Crippen molar-refractivity contribution in [2.75, 3.05) is 12.4 Å². The Kier molecular flexibility index (Phi) is 9.17. The highest BCUT2D eigenvalue weighted by molar-refractivity contribution is 7.91.